The fourth-order valence-corrected chi connectivity index (χ4v) is 4.12. The molecule has 0 bridgehead atoms. The van der Waals surface area contributed by atoms with Crippen molar-refractivity contribution in [2.75, 3.05) is 44.3 Å². The van der Waals surface area contributed by atoms with Crippen LogP contribution in [0, 0.1) is 0 Å². The van der Waals surface area contributed by atoms with E-state index in [9.17, 15) is 0 Å². The highest BCUT2D eigenvalue weighted by atomic mass is 16.7. The monoisotopic (exact) mass is 463 g/mol. The predicted molar refractivity (Wildman–Crippen MR) is 134 cm³/mol. The van der Waals surface area contributed by atoms with Gasteiger partial charge in [-0.25, -0.2) is 9.97 Å². The molecular weight excluding hydrogens is 430 g/mol. The van der Waals surface area contributed by atoms with E-state index in [1.54, 1.807) is 7.11 Å². The Kier molecular flexibility index (Phi) is 7.23. The predicted octanol–water partition coefficient (Wildman–Crippen LogP) is 3.59. The lowest BCUT2D eigenvalue weighted by atomic mass is 10.0. The van der Waals surface area contributed by atoms with Gasteiger partial charge in [0.25, 0.3) is 0 Å². The van der Waals surface area contributed by atoms with Crippen LogP contribution in [0.5, 0.6) is 5.75 Å². The van der Waals surface area contributed by atoms with Crippen molar-refractivity contribution >= 4 is 11.6 Å². The molecule has 180 valence electrons. The Morgan fingerprint density at radius 1 is 1.06 bits per heavy atom. The quantitative estimate of drug-likeness (QED) is 0.486. The Hall–Kier alpha value is -3.30. The average molecular weight is 464 g/mol. The fraction of sp³-hybridized carbons (Fsp3) is 0.440. The number of rotatable bonds is 8. The molecule has 9 heteroatoms. The Balaban J connectivity index is 1.56. The topological polar surface area (TPSA) is 97.3 Å². The first-order chi connectivity index (χ1) is 16.4. The van der Waals surface area contributed by atoms with Crippen molar-refractivity contribution in [2.45, 2.75) is 38.8 Å². The second-order valence-corrected chi connectivity index (χ2v) is 9.40. The van der Waals surface area contributed by atoms with E-state index >= 15 is 0 Å². The first-order valence-corrected chi connectivity index (χ1v) is 11.5. The van der Waals surface area contributed by atoms with Crippen molar-refractivity contribution in [3.8, 4) is 28.3 Å². The van der Waals surface area contributed by atoms with Crippen molar-refractivity contribution in [3.63, 3.8) is 0 Å². The Bertz CT molecular complexity index is 1100. The summed E-state index contributed by atoms with van der Waals surface area (Å²) in [6.45, 7) is 8.61. The van der Waals surface area contributed by atoms with Gasteiger partial charge in [0.1, 0.15) is 17.9 Å². The van der Waals surface area contributed by atoms with Crippen LogP contribution >= 0.6 is 0 Å². The molecule has 0 spiro atoms. The number of benzene rings is 1. The van der Waals surface area contributed by atoms with Gasteiger partial charge in [-0.1, -0.05) is 6.07 Å². The van der Waals surface area contributed by atoms with Crippen LogP contribution in [-0.2, 0) is 4.74 Å². The van der Waals surface area contributed by atoms with E-state index < -0.39 is 0 Å². The molecule has 0 radical (unpaired) electrons. The van der Waals surface area contributed by atoms with Crippen molar-refractivity contribution in [1.82, 2.24) is 25.5 Å². The molecule has 4 rings (SSSR count). The van der Waals surface area contributed by atoms with E-state index in [0.29, 0.717) is 11.8 Å². The van der Waals surface area contributed by atoms with E-state index in [-0.39, 0.29) is 12.3 Å². The molecule has 1 fully saturated rings. The molecule has 0 amide bonds. The van der Waals surface area contributed by atoms with Crippen LogP contribution in [0.4, 0.5) is 11.6 Å². The summed E-state index contributed by atoms with van der Waals surface area (Å²) in [6, 6.07) is 12.3. The minimum absolute atomic E-state index is 0.0986. The third-order valence-electron chi connectivity index (χ3n) is 5.61. The lowest BCUT2D eigenvalue weighted by Crippen LogP contribution is -2.45. The molecule has 0 saturated carbocycles. The maximum atomic E-state index is 5.88. The number of hydrogen-bond donors (Lipinski definition) is 2. The van der Waals surface area contributed by atoms with Gasteiger partial charge < -0.3 is 25.0 Å². The third-order valence-corrected chi connectivity index (χ3v) is 5.61. The zero-order valence-electron chi connectivity index (χ0n) is 20.5. The van der Waals surface area contributed by atoms with Crippen molar-refractivity contribution in [1.29, 1.82) is 0 Å². The first-order valence-electron chi connectivity index (χ1n) is 11.5. The summed E-state index contributed by atoms with van der Waals surface area (Å²) in [4.78, 5) is 10.9. The van der Waals surface area contributed by atoms with Gasteiger partial charge >= 0.3 is 0 Å². The normalized spacial score (nSPS) is 16.0. The lowest BCUT2D eigenvalue weighted by molar-refractivity contribution is 0.0515. The van der Waals surface area contributed by atoms with Gasteiger partial charge in [-0.05, 0) is 51.5 Å². The van der Waals surface area contributed by atoms with Gasteiger partial charge in [0.2, 0.25) is 0 Å². The number of nitrogens with one attached hydrogen (secondary N) is 2. The standard InChI is InChI=1S/C25H33N7O2/c1-25(2,3)29-18-10-11-32(14-18)24-9-8-20(30-31-24)19-7-6-17(12-22(19)34-16-33-5)21-13-23(26-4)28-15-27-21/h6-9,12-13,15,18,29H,10-11,14,16H2,1-5H3,(H,26,27,28)/t18-/m0/s1. The molecule has 1 atom stereocenters. The van der Waals surface area contributed by atoms with E-state index in [1.807, 2.05) is 43.4 Å². The van der Waals surface area contributed by atoms with E-state index in [4.69, 9.17) is 9.47 Å². The minimum atomic E-state index is 0.0986. The maximum Gasteiger partial charge on any atom is 0.188 e. The highest BCUT2D eigenvalue weighted by molar-refractivity contribution is 5.74. The maximum absolute atomic E-state index is 5.88. The van der Waals surface area contributed by atoms with Gasteiger partial charge in [-0.2, -0.15) is 0 Å². The summed E-state index contributed by atoms with van der Waals surface area (Å²) in [5.41, 5.74) is 3.39. The summed E-state index contributed by atoms with van der Waals surface area (Å²) in [5, 5.41) is 15.8. The molecule has 1 aromatic carbocycles. The zero-order chi connectivity index (χ0) is 24.1. The second kappa shape index (κ2) is 10.3. The summed E-state index contributed by atoms with van der Waals surface area (Å²) >= 11 is 0. The average Bonchev–Trinajstić information content (AvgIpc) is 3.29. The van der Waals surface area contributed by atoms with Gasteiger partial charge in [0, 0.05) is 56.0 Å². The highest BCUT2D eigenvalue weighted by Crippen LogP contribution is 2.34. The number of ether oxygens (including phenoxy) is 2. The first kappa shape index (κ1) is 23.8. The molecular formula is C25H33N7O2. The van der Waals surface area contributed by atoms with Crippen LogP contribution in [0.25, 0.3) is 22.5 Å². The van der Waals surface area contributed by atoms with Crippen LogP contribution < -0.4 is 20.3 Å². The smallest absolute Gasteiger partial charge is 0.188 e. The molecule has 2 N–H and O–H groups in total. The van der Waals surface area contributed by atoms with Crippen LogP contribution in [0.1, 0.15) is 27.2 Å². The number of anilines is 2. The third kappa shape index (κ3) is 5.78. The summed E-state index contributed by atoms with van der Waals surface area (Å²) < 4.78 is 11.0. The van der Waals surface area contributed by atoms with Crippen LogP contribution in [-0.4, -0.2) is 65.8 Å². The van der Waals surface area contributed by atoms with Gasteiger partial charge in [-0.3, -0.25) is 0 Å². The Morgan fingerprint density at radius 3 is 2.62 bits per heavy atom. The fourth-order valence-electron chi connectivity index (χ4n) is 4.12. The van der Waals surface area contributed by atoms with Crippen molar-refractivity contribution < 1.29 is 9.47 Å². The molecule has 3 heterocycles. The zero-order valence-corrected chi connectivity index (χ0v) is 20.5. The second-order valence-electron chi connectivity index (χ2n) is 9.40. The number of aromatic nitrogens is 4. The van der Waals surface area contributed by atoms with Crippen LogP contribution in [0.15, 0.2) is 42.7 Å². The summed E-state index contributed by atoms with van der Waals surface area (Å²) in [6.07, 6.45) is 2.63. The molecule has 1 saturated heterocycles. The number of hydrogen-bond acceptors (Lipinski definition) is 9. The minimum Gasteiger partial charge on any atom is -0.467 e. The largest absolute Gasteiger partial charge is 0.467 e. The van der Waals surface area contributed by atoms with Crippen LogP contribution in [0.3, 0.4) is 0 Å². The molecule has 0 unspecified atom stereocenters. The SMILES string of the molecule is CNc1cc(-c2ccc(-c3ccc(N4CC[C@H](NC(C)(C)C)C4)nn3)c(OCOC)c2)ncn1. The molecule has 9 nitrogen and oxygen atoms in total. The lowest BCUT2D eigenvalue weighted by Gasteiger charge is -2.26. The van der Waals surface area contributed by atoms with Crippen molar-refractivity contribution in [3.05, 3.63) is 42.7 Å². The van der Waals surface area contributed by atoms with Gasteiger partial charge in [0.15, 0.2) is 12.6 Å². The molecule has 34 heavy (non-hydrogen) atoms. The summed E-state index contributed by atoms with van der Waals surface area (Å²) in [5.74, 6) is 2.29. The molecule has 1 aliphatic heterocycles. The van der Waals surface area contributed by atoms with E-state index in [0.717, 1.165) is 53.7 Å². The van der Waals surface area contributed by atoms with E-state index in [2.05, 4.69) is 56.5 Å². The Labute approximate surface area is 200 Å². The van der Waals surface area contributed by atoms with Crippen molar-refractivity contribution in [2.24, 2.45) is 0 Å². The van der Waals surface area contributed by atoms with Gasteiger partial charge in [0.05, 0.1) is 11.4 Å². The number of methoxy groups -OCH3 is 1. The summed E-state index contributed by atoms with van der Waals surface area (Å²) in [7, 11) is 3.42. The van der Waals surface area contributed by atoms with Crippen LogP contribution in [0.2, 0.25) is 0 Å². The highest BCUT2D eigenvalue weighted by Gasteiger charge is 2.26. The molecule has 1 aliphatic rings. The molecule has 3 aromatic rings. The molecule has 2 aromatic heterocycles. The Morgan fingerprint density at radius 2 is 1.91 bits per heavy atom. The number of nitrogens with zero attached hydrogens (tertiary/aromatic N) is 5. The van der Waals surface area contributed by atoms with E-state index in [1.165, 1.54) is 6.33 Å². The van der Waals surface area contributed by atoms with Gasteiger partial charge in [-0.15, -0.1) is 10.2 Å². The molecule has 0 aliphatic carbocycles.